The normalized spacial score (nSPS) is 22.4. The first-order valence-corrected chi connectivity index (χ1v) is 11.2. The van der Waals surface area contributed by atoms with Crippen molar-refractivity contribution in [3.8, 4) is 11.1 Å². The molecule has 1 heterocycles. The lowest BCUT2D eigenvalue weighted by atomic mass is 9.98. The number of amides is 2. The van der Waals surface area contributed by atoms with Crippen LogP contribution in [0.15, 0.2) is 48.5 Å². The van der Waals surface area contributed by atoms with E-state index in [2.05, 4.69) is 17.4 Å². The Kier molecular flexibility index (Phi) is 5.32. The lowest BCUT2D eigenvalue weighted by Crippen LogP contribution is -2.46. The molecule has 1 aliphatic heterocycles. The number of aliphatic hydroxyl groups excluding tert-OH is 1. The number of carbonyl (C=O) groups excluding carboxylic acids is 2. The summed E-state index contributed by atoms with van der Waals surface area (Å²) in [7, 11) is 0. The highest BCUT2D eigenvalue weighted by Gasteiger charge is 2.49. The van der Waals surface area contributed by atoms with Crippen LogP contribution in [-0.4, -0.2) is 63.9 Å². The third kappa shape index (κ3) is 4.06. The minimum atomic E-state index is -1.13. The van der Waals surface area contributed by atoms with E-state index < -0.39 is 29.7 Å². The molecule has 2 fully saturated rings. The van der Waals surface area contributed by atoms with Gasteiger partial charge in [-0.1, -0.05) is 48.5 Å². The Labute approximate surface area is 191 Å². The van der Waals surface area contributed by atoms with Crippen LogP contribution in [0.4, 0.5) is 4.79 Å². The number of aliphatic carboxylic acids is 1. The zero-order valence-corrected chi connectivity index (χ0v) is 18.1. The van der Waals surface area contributed by atoms with Crippen molar-refractivity contribution in [2.24, 2.45) is 0 Å². The fraction of sp³-hybridized carbons (Fsp3) is 0.400. The number of hydrogen-bond donors (Lipinski definition) is 3. The highest BCUT2D eigenvalue weighted by molar-refractivity contribution is 5.86. The number of hydrogen-bond acceptors (Lipinski definition) is 5. The number of β-amino-alcohol motifs (C(OH)–C–C–N with tert-alkyl or cyclic N) is 1. The predicted molar refractivity (Wildman–Crippen MR) is 119 cm³/mol. The summed E-state index contributed by atoms with van der Waals surface area (Å²) in [6.07, 6.45) is -0.172. The zero-order valence-electron chi connectivity index (χ0n) is 18.1. The number of carboxylic acid groups (broad SMARTS) is 1. The molecule has 2 amide bonds. The Balaban J connectivity index is 1.21. The fourth-order valence-electron chi connectivity index (χ4n) is 5.06. The van der Waals surface area contributed by atoms with Crippen molar-refractivity contribution in [2.75, 3.05) is 13.2 Å². The van der Waals surface area contributed by atoms with Gasteiger partial charge in [-0.05, 0) is 35.1 Å². The van der Waals surface area contributed by atoms with E-state index >= 15 is 0 Å². The van der Waals surface area contributed by atoms with Crippen LogP contribution in [0.1, 0.15) is 42.7 Å². The lowest BCUT2D eigenvalue weighted by molar-refractivity contribution is -0.148. The van der Waals surface area contributed by atoms with E-state index in [9.17, 15) is 24.6 Å². The van der Waals surface area contributed by atoms with Gasteiger partial charge >= 0.3 is 12.1 Å². The summed E-state index contributed by atoms with van der Waals surface area (Å²) in [5.74, 6) is -1.56. The maximum atomic E-state index is 12.7. The summed E-state index contributed by atoms with van der Waals surface area (Å²) >= 11 is 0. The van der Waals surface area contributed by atoms with Gasteiger partial charge in [0.15, 0.2) is 0 Å². The Bertz CT molecular complexity index is 1070. The first-order valence-electron chi connectivity index (χ1n) is 11.2. The standard InChI is InChI=1S/C25H26N2O6/c28-15-11-21(23(30)31)27(13-15)22(29)12-25(9-10-25)26-24(32)33-14-20-18-7-3-1-5-16(18)17-6-2-4-8-19(17)20/h1-8,15,20-21,28H,9-14H2,(H,26,32)(H,30,31)/t15-,21+/m1/s1. The highest BCUT2D eigenvalue weighted by atomic mass is 16.5. The molecule has 0 unspecified atom stereocenters. The molecule has 8 heteroatoms. The van der Waals surface area contributed by atoms with Crippen molar-refractivity contribution in [1.29, 1.82) is 0 Å². The molecule has 2 atom stereocenters. The molecule has 33 heavy (non-hydrogen) atoms. The minimum absolute atomic E-state index is 0.00315. The van der Waals surface area contributed by atoms with Crippen molar-refractivity contribution in [3.05, 3.63) is 59.7 Å². The topological polar surface area (TPSA) is 116 Å². The summed E-state index contributed by atoms with van der Waals surface area (Å²) in [5, 5.41) is 22.0. The summed E-state index contributed by atoms with van der Waals surface area (Å²) in [4.78, 5) is 38.0. The number of carbonyl (C=O) groups is 3. The number of nitrogens with zero attached hydrogens (tertiary/aromatic N) is 1. The van der Waals surface area contributed by atoms with E-state index in [1.807, 2.05) is 36.4 Å². The molecule has 5 rings (SSSR count). The third-order valence-electron chi connectivity index (χ3n) is 6.94. The molecular weight excluding hydrogens is 424 g/mol. The minimum Gasteiger partial charge on any atom is -0.480 e. The smallest absolute Gasteiger partial charge is 0.407 e. The number of alkyl carbamates (subject to hydrolysis) is 1. The first-order chi connectivity index (χ1) is 15.9. The predicted octanol–water partition coefficient (Wildman–Crippen LogP) is 2.49. The van der Waals surface area contributed by atoms with E-state index in [4.69, 9.17) is 4.74 Å². The Morgan fingerprint density at radius 3 is 2.21 bits per heavy atom. The Morgan fingerprint density at radius 2 is 1.64 bits per heavy atom. The van der Waals surface area contributed by atoms with E-state index in [-0.39, 0.29) is 37.8 Å². The fourth-order valence-corrected chi connectivity index (χ4v) is 5.06. The molecule has 0 spiro atoms. The van der Waals surface area contributed by atoms with Crippen LogP contribution in [-0.2, 0) is 14.3 Å². The lowest BCUT2D eigenvalue weighted by Gasteiger charge is -2.25. The van der Waals surface area contributed by atoms with Gasteiger partial charge in [-0.2, -0.15) is 0 Å². The van der Waals surface area contributed by atoms with Crippen LogP contribution >= 0.6 is 0 Å². The molecule has 0 radical (unpaired) electrons. The number of nitrogens with one attached hydrogen (secondary N) is 1. The van der Waals surface area contributed by atoms with Crippen molar-refractivity contribution >= 4 is 18.0 Å². The van der Waals surface area contributed by atoms with Gasteiger partial charge in [0.2, 0.25) is 5.91 Å². The van der Waals surface area contributed by atoms with E-state index in [0.717, 1.165) is 22.3 Å². The van der Waals surface area contributed by atoms with Gasteiger partial charge in [-0.15, -0.1) is 0 Å². The molecule has 0 aromatic heterocycles. The molecule has 2 aromatic carbocycles. The van der Waals surface area contributed by atoms with Crippen LogP contribution in [0.5, 0.6) is 0 Å². The van der Waals surface area contributed by atoms with Crippen molar-refractivity contribution in [3.63, 3.8) is 0 Å². The van der Waals surface area contributed by atoms with Crippen LogP contribution in [0.25, 0.3) is 11.1 Å². The summed E-state index contributed by atoms with van der Waals surface area (Å²) < 4.78 is 5.59. The molecule has 172 valence electrons. The average molecular weight is 450 g/mol. The molecule has 3 aliphatic rings. The van der Waals surface area contributed by atoms with Gasteiger partial charge in [-0.25, -0.2) is 9.59 Å². The van der Waals surface area contributed by atoms with E-state index in [1.165, 1.54) is 4.90 Å². The molecule has 3 N–H and O–H groups in total. The molecule has 2 aliphatic carbocycles. The van der Waals surface area contributed by atoms with Gasteiger partial charge in [0.25, 0.3) is 0 Å². The second-order valence-corrected chi connectivity index (χ2v) is 9.20. The number of fused-ring (bicyclic) bond motifs is 3. The SMILES string of the molecule is O=C(NC1(CC(=O)N2C[C@H](O)C[C@H]2C(=O)O)CC1)OCC1c2ccccc2-c2ccccc21. The monoisotopic (exact) mass is 450 g/mol. The summed E-state index contributed by atoms with van der Waals surface area (Å²) in [6, 6.07) is 15.1. The van der Waals surface area contributed by atoms with Crippen LogP contribution in [0.3, 0.4) is 0 Å². The van der Waals surface area contributed by atoms with Gasteiger partial charge in [0.1, 0.15) is 12.6 Å². The molecule has 0 bridgehead atoms. The van der Waals surface area contributed by atoms with Crippen molar-refractivity contribution in [1.82, 2.24) is 10.2 Å². The molecule has 1 saturated heterocycles. The maximum absolute atomic E-state index is 12.7. The average Bonchev–Trinajstić information content (AvgIpc) is 3.28. The van der Waals surface area contributed by atoms with Crippen LogP contribution in [0, 0.1) is 0 Å². The van der Waals surface area contributed by atoms with Crippen molar-refractivity contribution in [2.45, 2.75) is 49.3 Å². The first kappa shape index (κ1) is 21.5. The van der Waals surface area contributed by atoms with Gasteiger partial charge < -0.3 is 25.2 Å². The number of likely N-dealkylation sites (tertiary alicyclic amines) is 1. The molecule has 1 saturated carbocycles. The number of benzene rings is 2. The number of carboxylic acids is 1. The Morgan fingerprint density at radius 1 is 1.03 bits per heavy atom. The zero-order chi connectivity index (χ0) is 23.2. The van der Waals surface area contributed by atoms with Gasteiger partial charge in [0.05, 0.1) is 18.1 Å². The number of ether oxygens (including phenoxy) is 1. The molecular formula is C25H26N2O6. The van der Waals surface area contributed by atoms with Gasteiger partial charge in [-0.3, -0.25) is 4.79 Å². The number of aliphatic hydroxyl groups is 1. The highest BCUT2D eigenvalue weighted by Crippen LogP contribution is 2.45. The summed E-state index contributed by atoms with van der Waals surface area (Å²) in [6.45, 7) is 0.181. The maximum Gasteiger partial charge on any atom is 0.407 e. The van der Waals surface area contributed by atoms with Crippen LogP contribution in [0.2, 0.25) is 0 Å². The number of rotatable bonds is 6. The second kappa shape index (κ2) is 8.19. The van der Waals surface area contributed by atoms with Crippen molar-refractivity contribution < 1.29 is 29.3 Å². The van der Waals surface area contributed by atoms with Gasteiger partial charge in [0, 0.05) is 18.9 Å². The largest absolute Gasteiger partial charge is 0.480 e. The van der Waals surface area contributed by atoms with E-state index in [1.54, 1.807) is 0 Å². The third-order valence-corrected chi connectivity index (χ3v) is 6.94. The second-order valence-electron chi connectivity index (χ2n) is 9.20. The summed E-state index contributed by atoms with van der Waals surface area (Å²) in [5.41, 5.74) is 3.82. The van der Waals surface area contributed by atoms with E-state index in [0.29, 0.717) is 12.8 Å². The quantitative estimate of drug-likeness (QED) is 0.623. The Hall–Kier alpha value is -3.39. The molecule has 8 nitrogen and oxygen atoms in total. The van der Waals surface area contributed by atoms with Crippen LogP contribution < -0.4 is 5.32 Å². The molecule has 2 aromatic rings.